The van der Waals surface area contributed by atoms with Gasteiger partial charge in [-0.3, -0.25) is 9.59 Å². The van der Waals surface area contributed by atoms with Crippen LogP contribution in [0.1, 0.15) is 24.3 Å². The number of benzene rings is 3. The molecule has 0 unspecified atom stereocenters. The van der Waals surface area contributed by atoms with E-state index < -0.39 is 12.3 Å². The van der Waals surface area contributed by atoms with E-state index in [4.69, 9.17) is 4.74 Å². The zero-order valence-electron chi connectivity index (χ0n) is 20.5. The molecule has 0 radical (unpaired) electrons. The van der Waals surface area contributed by atoms with Crippen LogP contribution in [-0.2, 0) is 20.7 Å². The second-order valence-electron chi connectivity index (χ2n) is 9.42. The maximum Gasteiger partial charge on any atom is 0.270 e. The van der Waals surface area contributed by atoms with Crippen LogP contribution < -0.4 is 10.6 Å². The van der Waals surface area contributed by atoms with Gasteiger partial charge in [-0.2, -0.15) is 0 Å². The monoisotopic (exact) mass is 571 g/mol. The third-order valence-corrected chi connectivity index (χ3v) is 7.42. The maximum atomic E-state index is 13.7. The molecule has 3 aromatic carbocycles. The first kappa shape index (κ1) is 24.5. The molecule has 2 amide bonds. The number of hydrogen-bond donors (Lipinski definition) is 0. The summed E-state index contributed by atoms with van der Waals surface area (Å²) in [5, 5.41) is 1.47. The first-order valence-corrected chi connectivity index (χ1v) is 13.1. The van der Waals surface area contributed by atoms with Crippen molar-refractivity contribution < 1.29 is 18.7 Å². The van der Waals surface area contributed by atoms with Crippen LogP contribution in [-0.4, -0.2) is 33.9 Å². The van der Waals surface area contributed by atoms with E-state index in [0.717, 1.165) is 37.6 Å². The number of fused-ring (bicyclic) bond motifs is 1. The molecule has 38 heavy (non-hydrogen) atoms. The quantitative estimate of drug-likeness (QED) is 0.343. The van der Waals surface area contributed by atoms with Crippen LogP contribution in [0.3, 0.4) is 0 Å². The number of hydrogen-bond acceptors (Lipinski definition) is 3. The van der Waals surface area contributed by atoms with Crippen LogP contribution in [0.2, 0.25) is 0 Å². The molecule has 0 bridgehead atoms. The second kappa shape index (κ2) is 9.78. The van der Waals surface area contributed by atoms with Crippen molar-refractivity contribution in [3.8, 4) is 16.8 Å². The number of nitrogens with zero attached hydrogens (tertiary/aromatic N) is 3. The summed E-state index contributed by atoms with van der Waals surface area (Å²) in [7, 11) is 0. The fourth-order valence-corrected chi connectivity index (χ4v) is 5.20. The maximum absolute atomic E-state index is 13.7. The average Bonchev–Trinajstić information content (AvgIpc) is 3.58. The molecular formula is C30H23BrFN3O3. The topological polar surface area (TPSA) is 63.9 Å². The second-order valence-corrected chi connectivity index (χ2v) is 10.3. The minimum Gasteiger partial charge on any atom is -0.341 e. The molecule has 190 valence electrons. The van der Waals surface area contributed by atoms with Gasteiger partial charge in [-0.1, -0.05) is 40.2 Å². The van der Waals surface area contributed by atoms with Crippen LogP contribution in [0.5, 0.6) is 0 Å². The molecule has 1 aromatic heterocycles. The SMILES string of the molecule is C[C@@H]1O[C@H](c2cn(-c3ccc(Br)cc3)cc2-c2ccc(F)cc2)N(CCc2ccc3c(c2)=NC(=O)C=3)C1=O. The number of ether oxygens (including phenoxy) is 1. The van der Waals surface area contributed by atoms with Crippen molar-refractivity contribution in [2.24, 2.45) is 4.99 Å². The lowest BCUT2D eigenvalue weighted by molar-refractivity contribution is -0.130. The Morgan fingerprint density at radius 1 is 1.00 bits per heavy atom. The minimum atomic E-state index is -0.608. The molecule has 6 nitrogen and oxygen atoms in total. The Morgan fingerprint density at radius 3 is 2.53 bits per heavy atom. The summed E-state index contributed by atoms with van der Waals surface area (Å²) in [5.74, 6) is -0.658. The molecule has 3 heterocycles. The third-order valence-electron chi connectivity index (χ3n) is 6.90. The highest BCUT2D eigenvalue weighted by molar-refractivity contribution is 9.10. The van der Waals surface area contributed by atoms with Gasteiger partial charge in [0.25, 0.3) is 11.8 Å². The van der Waals surface area contributed by atoms with Gasteiger partial charge in [-0.15, -0.1) is 0 Å². The number of carbonyl (C=O) groups is 2. The van der Waals surface area contributed by atoms with E-state index in [9.17, 15) is 14.0 Å². The smallest absolute Gasteiger partial charge is 0.270 e. The van der Waals surface area contributed by atoms with Crippen molar-refractivity contribution in [2.45, 2.75) is 25.7 Å². The van der Waals surface area contributed by atoms with Gasteiger partial charge in [0.1, 0.15) is 11.9 Å². The molecule has 2 aliphatic rings. The molecule has 0 N–H and O–H groups in total. The number of halogens is 2. The Hall–Kier alpha value is -3.88. The van der Waals surface area contributed by atoms with Gasteiger partial charge >= 0.3 is 0 Å². The lowest BCUT2D eigenvalue weighted by Crippen LogP contribution is -2.32. The van der Waals surface area contributed by atoms with Gasteiger partial charge in [-0.05, 0) is 66.9 Å². The molecule has 1 fully saturated rings. The Kier molecular flexibility index (Phi) is 6.29. The lowest BCUT2D eigenvalue weighted by atomic mass is 10.0. The summed E-state index contributed by atoms with van der Waals surface area (Å²) >= 11 is 3.48. The third kappa shape index (κ3) is 4.61. The van der Waals surface area contributed by atoms with Crippen LogP contribution >= 0.6 is 15.9 Å². The van der Waals surface area contributed by atoms with Crippen LogP contribution in [0.15, 0.2) is 88.6 Å². The van der Waals surface area contributed by atoms with Crippen LogP contribution in [0.4, 0.5) is 4.39 Å². The predicted molar refractivity (Wildman–Crippen MR) is 144 cm³/mol. The molecule has 8 heteroatoms. The van der Waals surface area contributed by atoms with Crippen LogP contribution in [0.25, 0.3) is 22.9 Å². The highest BCUT2D eigenvalue weighted by Gasteiger charge is 2.40. The zero-order chi connectivity index (χ0) is 26.4. The van der Waals surface area contributed by atoms with Gasteiger partial charge in [-0.25, -0.2) is 9.38 Å². The van der Waals surface area contributed by atoms with Crippen molar-refractivity contribution in [2.75, 3.05) is 6.54 Å². The molecule has 0 spiro atoms. The fourth-order valence-electron chi connectivity index (χ4n) is 4.94. The largest absolute Gasteiger partial charge is 0.341 e. The molecule has 4 aromatic rings. The van der Waals surface area contributed by atoms with Gasteiger partial charge < -0.3 is 14.2 Å². The number of amides is 2. The first-order chi connectivity index (χ1) is 18.4. The van der Waals surface area contributed by atoms with E-state index >= 15 is 0 Å². The van der Waals surface area contributed by atoms with Gasteiger partial charge in [0.15, 0.2) is 6.23 Å². The highest BCUT2D eigenvalue weighted by Crippen LogP contribution is 2.38. The summed E-state index contributed by atoms with van der Waals surface area (Å²) in [6, 6.07) is 20.0. The summed E-state index contributed by atoms with van der Waals surface area (Å²) in [6.07, 6.45) is 4.84. The number of carbonyl (C=O) groups excluding carboxylic acids is 2. The standard InChI is InChI=1S/C30H23BrFN3O3/c1-18-29(37)35(13-12-19-2-3-21-15-28(36)33-27(21)14-19)30(38-18)26-17-34(24-10-6-22(31)7-11-24)16-25(26)20-4-8-23(32)9-5-20/h2-11,14-18,30H,12-13H2,1H3/t18-,30+/m0/s1. The molecular weight excluding hydrogens is 549 g/mol. The molecule has 0 saturated carbocycles. The number of rotatable bonds is 6. The van der Waals surface area contributed by atoms with Crippen molar-refractivity contribution in [1.29, 1.82) is 0 Å². The van der Waals surface area contributed by atoms with E-state index in [-0.39, 0.29) is 17.6 Å². The zero-order valence-corrected chi connectivity index (χ0v) is 22.1. The first-order valence-electron chi connectivity index (χ1n) is 12.3. The van der Waals surface area contributed by atoms with E-state index in [0.29, 0.717) is 18.3 Å². The van der Waals surface area contributed by atoms with E-state index in [2.05, 4.69) is 20.9 Å². The van der Waals surface area contributed by atoms with Crippen molar-refractivity contribution >= 4 is 33.8 Å². The molecule has 2 atom stereocenters. The Morgan fingerprint density at radius 2 is 1.76 bits per heavy atom. The fraction of sp³-hybridized carbons (Fsp3) is 0.167. The molecule has 2 aliphatic heterocycles. The molecule has 1 saturated heterocycles. The van der Waals surface area contributed by atoms with Gasteiger partial charge in [0.2, 0.25) is 0 Å². The number of aromatic nitrogens is 1. The van der Waals surface area contributed by atoms with Gasteiger partial charge in [0, 0.05) is 51.5 Å². The minimum absolute atomic E-state index is 0.0918. The van der Waals surface area contributed by atoms with Crippen molar-refractivity contribution in [1.82, 2.24) is 9.47 Å². The van der Waals surface area contributed by atoms with E-state index in [1.807, 2.05) is 59.4 Å². The summed E-state index contributed by atoms with van der Waals surface area (Å²) in [6.45, 7) is 2.19. The van der Waals surface area contributed by atoms with Crippen LogP contribution in [0, 0.1) is 5.82 Å². The normalized spacial score (nSPS) is 18.4. The average molecular weight is 572 g/mol. The Balaban J connectivity index is 1.36. The molecule has 6 rings (SSSR count). The summed E-state index contributed by atoms with van der Waals surface area (Å²) in [5.41, 5.74) is 4.43. The lowest BCUT2D eigenvalue weighted by Gasteiger charge is -2.24. The Labute approximate surface area is 226 Å². The molecule has 0 aliphatic carbocycles. The summed E-state index contributed by atoms with van der Waals surface area (Å²) in [4.78, 5) is 30.6. The summed E-state index contributed by atoms with van der Waals surface area (Å²) < 4.78 is 22.9. The van der Waals surface area contributed by atoms with Gasteiger partial charge in [0.05, 0.1) is 5.36 Å². The van der Waals surface area contributed by atoms with Crippen molar-refractivity contribution in [3.63, 3.8) is 0 Å². The predicted octanol–water partition coefficient (Wildman–Crippen LogP) is 4.47. The van der Waals surface area contributed by atoms with E-state index in [1.54, 1.807) is 24.0 Å². The van der Waals surface area contributed by atoms with Crippen molar-refractivity contribution in [3.05, 3.63) is 111 Å². The van der Waals surface area contributed by atoms with E-state index in [1.165, 1.54) is 18.2 Å². The Bertz CT molecular complexity index is 1680. The highest BCUT2D eigenvalue weighted by atomic mass is 79.9.